The maximum Gasteiger partial charge on any atom is 0.221 e. The summed E-state index contributed by atoms with van der Waals surface area (Å²) in [6, 6.07) is 0. The molecule has 15 heavy (non-hydrogen) atoms. The van der Waals surface area contributed by atoms with Gasteiger partial charge in [0.15, 0.2) is 0 Å². The van der Waals surface area contributed by atoms with Crippen LogP contribution in [0, 0.1) is 0 Å². The highest BCUT2D eigenvalue weighted by Gasteiger charge is 2.08. The summed E-state index contributed by atoms with van der Waals surface area (Å²) >= 11 is 0. The van der Waals surface area contributed by atoms with Crippen molar-refractivity contribution in [3.8, 4) is 0 Å². The summed E-state index contributed by atoms with van der Waals surface area (Å²) in [5.74, 6) is 0.101. The third kappa shape index (κ3) is 11.1. The molecule has 88 valence electrons. The Bertz CT molecular complexity index is 222. The van der Waals surface area contributed by atoms with Crippen molar-refractivity contribution in [1.82, 2.24) is 10.6 Å². The number of amides is 1. The van der Waals surface area contributed by atoms with Crippen molar-refractivity contribution < 1.29 is 4.79 Å². The lowest BCUT2D eigenvalue weighted by molar-refractivity contribution is -0.120. The average molecular weight is 212 g/mol. The van der Waals surface area contributed by atoms with E-state index in [0.717, 1.165) is 6.54 Å². The molecule has 0 aliphatic rings. The first-order chi connectivity index (χ1) is 6.81. The highest BCUT2D eigenvalue weighted by Crippen LogP contribution is 1.97. The summed E-state index contributed by atoms with van der Waals surface area (Å²) in [5.41, 5.74) is 1.31. The largest absolute Gasteiger partial charge is 0.353 e. The molecule has 0 bridgehead atoms. The molecule has 1 amide bonds. The molecule has 0 spiro atoms. The first-order valence-electron chi connectivity index (χ1n) is 5.46. The van der Waals surface area contributed by atoms with Gasteiger partial charge in [0.1, 0.15) is 0 Å². The highest BCUT2D eigenvalue weighted by atomic mass is 16.1. The number of rotatable bonds is 5. The Kier molecular flexibility index (Phi) is 6.25. The summed E-state index contributed by atoms with van der Waals surface area (Å²) in [6.45, 7) is 11.7. The van der Waals surface area contributed by atoms with Crippen LogP contribution in [0.15, 0.2) is 11.6 Å². The quantitative estimate of drug-likeness (QED) is 0.683. The van der Waals surface area contributed by atoms with E-state index < -0.39 is 0 Å². The lowest BCUT2D eigenvalue weighted by atomic mass is 10.1. The van der Waals surface area contributed by atoms with E-state index in [4.69, 9.17) is 0 Å². The lowest BCUT2D eigenvalue weighted by Crippen LogP contribution is -2.38. The molecule has 0 fully saturated rings. The second kappa shape index (κ2) is 6.62. The summed E-state index contributed by atoms with van der Waals surface area (Å²) in [5, 5.41) is 6.12. The van der Waals surface area contributed by atoms with E-state index >= 15 is 0 Å². The van der Waals surface area contributed by atoms with Gasteiger partial charge in [-0.15, -0.1) is 0 Å². The zero-order chi connectivity index (χ0) is 11.9. The summed E-state index contributed by atoms with van der Waals surface area (Å²) in [7, 11) is 0. The van der Waals surface area contributed by atoms with Gasteiger partial charge in [-0.1, -0.05) is 11.6 Å². The van der Waals surface area contributed by atoms with Gasteiger partial charge in [0.2, 0.25) is 5.91 Å². The van der Waals surface area contributed by atoms with E-state index in [0.29, 0.717) is 13.0 Å². The molecular weight excluding hydrogens is 188 g/mol. The number of allylic oxidation sites excluding steroid dienone is 1. The van der Waals surface area contributed by atoms with Crippen molar-refractivity contribution in [1.29, 1.82) is 0 Å². The zero-order valence-corrected chi connectivity index (χ0v) is 10.6. The number of hydrogen-bond acceptors (Lipinski definition) is 2. The second-order valence-corrected chi connectivity index (χ2v) is 5.01. The van der Waals surface area contributed by atoms with Crippen LogP contribution in [-0.2, 0) is 4.79 Å². The first kappa shape index (κ1) is 14.2. The molecule has 0 aliphatic carbocycles. The minimum atomic E-state index is 0.0835. The Balaban J connectivity index is 3.55. The standard InChI is InChI=1S/C12H24N2O/c1-10(2)6-8-13-11(15)7-9-14-12(3,4)5/h6,14H,7-9H2,1-5H3,(H,13,15). The first-order valence-corrected chi connectivity index (χ1v) is 5.46. The van der Waals surface area contributed by atoms with E-state index in [1.165, 1.54) is 5.57 Å². The topological polar surface area (TPSA) is 41.1 Å². The fraction of sp³-hybridized carbons (Fsp3) is 0.750. The normalized spacial score (nSPS) is 11.0. The predicted octanol–water partition coefficient (Wildman–Crippen LogP) is 1.85. The Morgan fingerprint density at radius 2 is 1.87 bits per heavy atom. The fourth-order valence-electron chi connectivity index (χ4n) is 1.01. The summed E-state index contributed by atoms with van der Waals surface area (Å²) < 4.78 is 0. The molecule has 0 heterocycles. The van der Waals surface area contributed by atoms with E-state index in [2.05, 4.69) is 31.4 Å². The molecule has 0 saturated heterocycles. The van der Waals surface area contributed by atoms with Crippen LogP contribution in [0.3, 0.4) is 0 Å². The molecule has 0 radical (unpaired) electrons. The molecular formula is C12H24N2O. The maximum atomic E-state index is 11.3. The van der Waals surface area contributed by atoms with Crippen LogP contribution in [0.5, 0.6) is 0 Å². The predicted molar refractivity (Wildman–Crippen MR) is 64.8 cm³/mol. The maximum absolute atomic E-state index is 11.3. The SMILES string of the molecule is CC(C)=CCNC(=O)CCNC(C)(C)C. The van der Waals surface area contributed by atoms with Crippen LogP contribution < -0.4 is 10.6 Å². The third-order valence-electron chi connectivity index (χ3n) is 1.82. The van der Waals surface area contributed by atoms with Crippen molar-refractivity contribution in [3.63, 3.8) is 0 Å². The van der Waals surface area contributed by atoms with Gasteiger partial charge < -0.3 is 10.6 Å². The Hall–Kier alpha value is -0.830. The molecule has 3 heteroatoms. The molecule has 0 aromatic rings. The molecule has 3 nitrogen and oxygen atoms in total. The van der Waals surface area contributed by atoms with Gasteiger partial charge in [0.05, 0.1) is 0 Å². The lowest BCUT2D eigenvalue weighted by Gasteiger charge is -2.20. The van der Waals surface area contributed by atoms with Gasteiger partial charge in [-0.2, -0.15) is 0 Å². The van der Waals surface area contributed by atoms with Crippen molar-refractivity contribution in [2.24, 2.45) is 0 Å². The van der Waals surface area contributed by atoms with Gasteiger partial charge in [0.25, 0.3) is 0 Å². The molecule has 0 saturated carbocycles. The van der Waals surface area contributed by atoms with Gasteiger partial charge >= 0.3 is 0 Å². The molecule has 0 unspecified atom stereocenters. The number of hydrogen-bond donors (Lipinski definition) is 2. The summed E-state index contributed by atoms with van der Waals surface area (Å²) in [4.78, 5) is 11.3. The monoisotopic (exact) mass is 212 g/mol. The Morgan fingerprint density at radius 1 is 1.27 bits per heavy atom. The fourth-order valence-corrected chi connectivity index (χ4v) is 1.01. The molecule has 0 aromatic carbocycles. The van der Waals surface area contributed by atoms with Crippen LogP contribution in [0.1, 0.15) is 41.0 Å². The molecule has 0 aromatic heterocycles. The van der Waals surface area contributed by atoms with Gasteiger partial charge in [0, 0.05) is 25.0 Å². The third-order valence-corrected chi connectivity index (χ3v) is 1.82. The van der Waals surface area contributed by atoms with Gasteiger partial charge in [-0.05, 0) is 34.6 Å². The Morgan fingerprint density at radius 3 is 2.33 bits per heavy atom. The minimum Gasteiger partial charge on any atom is -0.353 e. The van der Waals surface area contributed by atoms with E-state index in [1.54, 1.807) is 0 Å². The zero-order valence-electron chi connectivity index (χ0n) is 10.6. The molecule has 0 aliphatic heterocycles. The van der Waals surface area contributed by atoms with Gasteiger partial charge in [-0.25, -0.2) is 0 Å². The molecule has 0 rings (SSSR count). The number of nitrogens with one attached hydrogen (secondary N) is 2. The summed E-state index contributed by atoms with van der Waals surface area (Å²) in [6.07, 6.45) is 2.54. The molecule has 2 N–H and O–H groups in total. The second-order valence-electron chi connectivity index (χ2n) is 5.01. The van der Waals surface area contributed by atoms with Crippen molar-refractivity contribution in [3.05, 3.63) is 11.6 Å². The van der Waals surface area contributed by atoms with E-state index in [1.807, 2.05) is 19.9 Å². The van der Waals surface area contributed by atoms with E-state index in [-0.39, 0.29) is 11.4 Å². The Labute approximate surface area is 93.3 Å². The number of carbonyl (C=O) groups excluding carboxylic acids is 1. The molecule has 0 atom stereocenters. The highest BCUT2D eigenvalue weighted by molar-refractivity contribution is 5.76. The minimum absolute atomic E-state index is 0.0835. The smallest absolute Gasteiger partial charge is 0.221 e. The van der Waals surface area contributed by atoms with Crippen molar-refractivity contribution in [2.45, 2.75) is 46.6 Å². The van der Waals surface area contributed by atoms with Gasteiger partial charge in [-0.3, -0.25) is 4.79 Å². The van der Waals surface area contributed by atoms with Crippen molar-refractivity contribution >= 4 is 5.91 Å². The van der Waals surface area contributed by atoms with Crippen LogP contribution >= 0.6 is 0 Å². The van der Waals surface area contributed by atoms with Crippen LogP contribution in [0.4, 0.5) is 0 Å². The number of carbonyl (C=O) groups is 1. The average Bonchev–Trinajstić information content (AvgIpc) is 2.00. The van der Waals surface area contributed by atoms with E-state index in [9.17, 15) is 4.79 Å². The van der Waals surface area contributed by atoms with Crippen LogP contribution in [-0.4, -0.2) is 24.5 Å². The van der Waals surface area contributed by atoms with Crippen LogP contribution in [0.25, 0.3) is 0 Å². The van der Waals surface area contributed by atoms with Crippen molar-refractivity contribution in [2.75, 3.05) is 13.1 Å². The van der Waals surface area contributed by atoms with Crippen LogP contribution in [0.2, 0.25) is 0 Å².